The molecule has 0 heterocycles. The zero-order valence-corrected chi connectivity index (χ0v) is 31.8. The molecule has 8 nitrogen and oxygen atoms in total. The van der Waals surface area contributed by atoms with Crippen molar-refractivity contribution < 1.29 is 9.85 Å². The lowest BCUT2D eigenvalue weighted by Crippen LogP contribution is -2.36. The smallest absolute Gasteiger partial charge is 0.269 e. The lowest BCUT2D eigenvalue weighted by atomic mass is 9.82. The zero-order chi connectivity index (χ0) is 37.9. The third kappa shape index (κ3) is 7.08. The van der Waals surface area contributed by atoms with Gasteiger partial charge in [-0.3, -0.25) is 20.2 Å². The van der Waals surface area contributed by atoms with Crippen LogP contribution in [0.5, 0.6) is 0 Å². The standard InChI is InChI=1S/C42H36Cl2N4O4S/c1-45(2)33-19-15-31(16-20-33)41(29-11-7-5-8-12-29,37-27-35(47(49)50)23-25-39(37)43)53-42(30-13-9-6-10-14-30,32-17-21-34(22-18-32)46(3)4)38-28-36(48(51)52)24-26-40(38)44/h5-28H,1-4H3. The average molecular weight is 764 g/mol. The minimum Gasteiger partial charge on any atom is -0.378 e. The van der Waals surface area contributed by atoms with E-state index in [1.807, 2.05) is 147 Å². The summed E-state index contributed by atoms with van der Waals surface area (Å²) in [5.41, 5.74) is 5.65. The number of hydrogen-bond acceptors (Lipinski definition) is 7. The predicted molar refractivity (Wildman–Crippen MR) is 218 cm³/mol. The van der Waals surface area contributed by atoms with Crippen molar-refractivity contribution in [1.82, 2.24) is 0 Å². The summed E-state index contributed by atoms with van der Waals surface area (Å²) in [6, 6.07) is 44.3. The first-order valence-electron chi connectivity index (χ1n) is 16.6. The molecule has 0 spiro atoms. The summed E-state index contributed by atoms with van der Waals surface area (Å²) in [5, 5.41) is 25.5. The highest BCUT2D eigenvalue weighted by molar-refractivity contribution is 8.02. The molecule has 0 N–H and O–H groups in total. The molecular weight excluding hydrogens is 727 g/mol. The van der Waals surface area contributed by atoms with Crippen LogP contribution in [-0.2, 0) is 9.49 Å². The fraction of sp³-hybridized carbons (Fsp3) is 0.143. The SMILES string of the molecule is CN(C)c1ccc(C(SC(c2ccccc2)(c2ccc(N(C)C)cc2)c2cc([N+](=O)[O-])ccc2Cl)(c2ccccc2)c2cc([N+](=O)[O-])ccc2Cl)cc1. The summed E-state index contributed by atoms with van der Waals surface area (Å²) < 4.78 is -2.58. The lowest BCUT2D eigenvalue weighted by Gasteiger charge is -2.46. The lowest BCUT2D eigenvalue weighted by molar-refractivity contribution is -0.385. The third-order valence-corrected chi connectivity index (χ3v) is 12.0. The maximum Gasteiger partial charge on any atom is 0.269 e. The molecule has 6 aromatic carbocycles. The first kappa shape index (κ1) is 37.4. The van der Waals surface area contributed by atoms with Gasteiger partial charge in [0.05, 0.1) is 19.3 Å². The zero-order valence-electron chi connectivity index (χ0n) is 29.4. The molecule has 0 saturated heterocycles. The van der Waals surface area contributed by atoms with Crippen molar-refractivity contribution in [2.75, 3.05) is 38.0 Å². The fourth-order valence-electron chi connectivity index (χ4n) is 6.66. The molecule has 6 rings (SSSR count). The number of benzene rings is 6. The van der Waals surface area contributed by atoms with Gasteiger partial charge in [-0.15, -0.1) is 11.8 Å². The maximum atomic E-state index is 12.4. The molecule has 53 heavy (non-hydrogen) atoms. The van der Waals surface area contributed by atoms with Crippen LogP contribution in [0, 0.1) is 20.2 Å². The Bertz CT molecular complexity index is 2100. The highest BCUT2D eigenvalue weighted by Gasteiger charge is 2.51. The van der Waals surface area contributed by atoms with Gasteiger partial charge in [0, 0.05) is 85.0 Å². The third-order valence-electron chi connectivity index (χ3n) is 9.33. The van der Waals surface area contributed by atoms with Crippen LogP contribution in [0.15, 0.2) is 146 Å². The van der Waals surface area contributed by atoms with Gasteiger partial charge < -0.3 is 9.80 Å². The first-order chi connectivity index (χ1) is 25.4. The maximum absolute atomic E-state index is 12.4. The fourth-order valence-corrected chi connectivity index (χ4v) is 9.32. The number of nitro benzene ring substituents is 2. The van der Waals surface area contributed by atoms with Gasteiger partial charge >= 0.3 is 0 Å². The molecule has 0 bridgehead atoms. The van der Waals surface area contributed by atoms with E-state index in [1.165, 1.54) is 36.0 Å². The molecule has 2 atom stereocenters. The second-order valence-electron chi connectivity index (χ2n) is 12.9. The minimum absolute atomic E-state index is 0.135. The largest absolute Gasteiger partial charge is 0.378 e. The topological polar surface area (TPSA) is 92.8 Å². The summed E-state index contributed by atoms with van der Waals surface area (Å²) in [6.07, 6.45) is 0. The average Bonchev–Trinajstić information content (AvgIpc) is 3.17. The molecule has 11 heteroatoms. The molecule has 2 unspecified atom stereocenters. The van der Waals surface area contributed by atoms with Gasteiger partial charge in [-0.2, -0.15) is 0 Å². The van der Waals surface area contributed by atoms with E-state index >= 15 is 0 Å². The summed E-state index contributed by atoms with van der Waals surface area (Å²) in [7, 11) is 7.81. The van der Waals surface area contributed by atoms with Crippen LogP contribution in [0.1, 0.15) is 33.4 Å². The summed E-state index contributed by atoms with van der Waals surface area (Å²) in [4.78, 5) is 28.0. The van der Waals surface area contributed by atoms with E-state index in [2.05, 4.69) is 0 Å². The number of non-ortho nitro benzene ring substituents is 2. The molecule has 0 aliphatic carbocycles. The van der Waals surface area contributed by atoms with Gasteiger partial charge in [-0.05, 0) is 58.7 Å². The molecule has 6 aromatic rings. The van der Waals surface area contributed by atoms with E-state index in [0.717, 1.165) is 33.6 Å². The Morgan fingerprint density at radius 1 is 0.491 bits per heavy atom. The predicted octanol–water partition coefficient (Wildman–Crippen LogP) is 11.0. The molecule has 0 aromatic heterocycles. The van der Waals surface area contributed by atoms with Crippen LogP contribution in [0.2, 0.25) is 10.0 Å². The Morgan fingerprint density at radius 2 is 0.811 bits per heavy atom. The van der Waals surface area contributed by atoms with Crippen molar-refractivity contribution in [2.45, 2.75) is 9.49 Å². The number of hydrogen-bond donors (Lipinski definition) is 0. The van der Waals surface area contributed by atoms with Crippen LogP contribution >= 0.6 is 35.0 Å². The van der Waals surface area contributed by atoms with Crippen LogP contribution in [0.4, 0.5) is 22.7 Å². The van der Waals surface area contributed by atoms with E-state index in [9.17, 15) is 20.2 Å². The second-order valence-corrected chi connectivity index (χ2v) is 15.2. The van der Waals surface area contributed by atoms with Crippen LogP contribution in [0.25, 0.3) is 0 Å². The minimum atomic E-state index is -1.29. The second kappa shape index (κ2) is 15.3. The Kier molecular flexibility index (Phi) is 10.8. The highest BCUT2D eigenvalue weighted by Crippen LogP contribution is 2.63. The van der Waals surface area contributed by atoms with Crippen molar-refractivity contribution in [3.8, 4) is 0 Å². The Balaban J connectivity index is 1.85. The van der Waals surface area contributed by atoms with Crippen LogP contribution in [0.3, 0.4) is 0 Å². The summed E-state index contributed by atoms with van der Waals surface area (Å²) in [6.45, 7) is 0. The van der Waals surface area contributed by atoms with Gasteiger partial charge in [0.15, 0.2) is 0 Å². The molecule has 0 radical (unpaired) electrons. The van der Waals surface area contributed by atoms with Crippen molar-refractivity contribution in [1.29, 1.82) is 0 Å². The van der Waals surface area contributed by atoms with Gasteiger partial charge in [0.2, 0.25) is 0 Å². The number of anilines is 2. The first-order valence-corrected chi connectivity index (χ1v) is 18.2. The highest BCUT2D eigenvalue weighted by atomic mass is 35.5. The van der Waals surface area contributed by atoms with Crippen LogP contribution in [-0.4, -0.2) is 38.0 Å². The van der Waals surface area contributed by atoms with E-state index in [-0.39, 0.29) is 11.4 Å². The normalized spacial score (nSPS) is 13.4. The Morgan fingerprint density at radius 3 is 1.11 bits per heavy atom. The van der Waals surface area contributed by atoms with Gasteiger partial charge in [0.1, 0.15) is 0 Å². The number of thioether (sulfide) groups is 1. The monoisotopic (exact) mass is 762 g/mol. The van der Waals surface area contributed by atoms with Gasteiger partial charge in [0.25, 0.3) is 11.4 Å². The quantitative estimate of drug-likeness (QED) is 0.0696. The Hall–Kier alpha value is -5.35. The van der Waals surface area contributed by atoms with Crippen molar-refractivity contribution in [2.24, 2.45) is 0 Å². The Labute approximate surface area is 322 Å². The molecule has 268 valence electrons. The molecule has 0 saturated carbocycles. The van der Waals surface area contributed by atoms with Crippen molar-refractivity contribution in [3.05, 3.63) is 209 Å². The van der Waals surface area contributed by atoms with Gasteiger partial charge in [-0.1, -0.05) is 108 Å². The van der Waals surface area contributed by atoms with E-state index in [4.69, 9.17) is 23.2 Å². The van der Waals surface area contributed by atoms with E-state index in [1.54, 1.807) is 12.1 Å². The molecule has 0 aliphatic heterocycles. The molecule has 0 amide bonds. The van der Waals surface area contributed by atoms with Crippen molar-refractivity contribution in [3.63, 3.8) is 0 Å². The molecular formula is C42H36Cl2N4O4S. The summed E-state index contributed by atoms with van der Waals surface area (Å²) >= 11 is 15.9. The number of halogens is 2. The van der Waals surface area contributed by atoms with E-state index in [0.29, 0.717) is 21.2 Å². The number of rotatable bonds is 12. The number of nitrogens with zero attached hydrogens (tertiary/aromatic N) is 4. The number of nitro groups is 2. The van der Waals surface area contributed by atoms with E-state index < -0.39 is 19.3 Å². The van der Waals surface area contributed by atoms with Crippen LogP contribution < -0.4 is 9.80 Å². The molecule has 0 aliphatic rings. The molecule has 0 fully saturated rings. The summed E-state index contributed by atoms with van der Waals surface area (Å²) in [5.74, 6) is 0. The van der Waals surface area contributed by atoms with Crippen molar-refractivity contribution >= 4 is 57.7 Å². The van der Waals surface area contributed by atoms with Gasteiger partial charge in [-0.25, -0.2) is 0 Å².